The number of carbonyl (C=O) groups is 1. The molecule has 25 heavy (non-hydrogen) atoms. The number of nitriles is 1. The van der Waals surface area contributed by atoms with Crippen molar-refractivity contribution in [2.24, 2.45) is 0 Å². The van der Waals surface area contributed by atoms with Crippen molar-refractivity contribution in [1.29, 1.82) is 5.26 Å². The van der Waals surface area contributed by atoms with Gasteiger partial charge in [0.1, 0.15) is 17.3 Å². The largest absolute Gasteiger partial charge is 0.479 e. The van der Waals surface area contributed by atoms with Gasteiger partial charge in [-0.05, 0) is 6.07 Å². The number of hydrogen-bond acceptors (Lipinski definition) is 8. The van der Waals surface area contributed by atoms with E-state index < -0.39 is 0 Å². The highest BCUT2D eigenvalue weighted by atomic mass is 32.1. The maximum atomic E-state index is 12.3. The molecule has 0 aliphatic carbocycles. The lowest BCUT2D eigenvalue weighted by molar-refractivity contribution is 0.102. The highest BCUT2D eigenvalue weighted by molar-refractivity contribution is 7.22. The highest BCUT2D eigenvalue weighted by Gasteiger charge is 2.15. The first-order valence-electron chi connectivity index (χ1n) is 7.23. The van der Waals surface area contributed by atoms with Gasteiger partial charge in [-0.1, -0.05) is 11.3 Å². The SMILES string of the molecule is COCCn1cc(C(=O)Nc2nc3c(OC)nc(C#N)cc3s2)cn1. The van der Waals surface area contributed by atoms with Crippen molar-refractivity contribution in [1.82, 2.24) is 19.7 Å². The summed E-state index contributed by atoms with van der Waals surface area (Å²) in [4.78, 5) is 20.7. The minimum Gasteiger partial charge on any atom is -0.479 e. The maximum Gasteiger partial charge on any atom is 0.260 e. The molecule has 0 aliphatic rings. The van der Waals surface area contributed by atoms with Gasteiger partial charge in [0.15, 0.2) is 5.13 Å². The van der Waals surface area contributed by atoms with Gasteiger partial charge in [-0.3, -0.25) is 14.8 Å². The van der Waals surface area contributed by atoms with Crippen molar-refractivity contribution >= 4 is 32.6 Å². The Kier molecular flexibility index (Phi) is 4.87. The molecule has 0 saturated heterocycles. The van der Waals surface area contributed by atoms with Crippen LogP contribution in [0.25, 0.3) is 10.2 Å². The Bertz CT molecular complexity index is 958. The summed E-state index contributed by atoms with van der Waals surface area (Å²) >= 11 is 1.24. The number of anilines is 1. The fourth-order valence-electron chi connectivity index (χ4n) is 2.11. The summed E-state index contributed by atoms with van der Waals surface area (Å²) in [5, 5.41) is 16.2. The van der Waals surface area contributed by atoms with Crippen LogP contribution in [-0.2, 0) is 11.3 Å². The Morgan fingerprint density at radius 3 is 3.00 bits per heavy atom. The van der Waals surface area contributed by atoms with Gasteiger partial charge in [0, 0.05) is 13.3 Å². The van der Waals surface area contributed by atoms with Gasteiger partial charge in [0.05, 0.1) is 36.7 Å². The fourth-order valence-corrected chi connectivity index (χ4v) is 3.00. The van der Waals surface area contributed by atoms with Gasteiger partial charge in [-0.2, -0.15) is 10.4 Å². The molecule has 1 amide bonds. The van der Waals surface area contributed by atoms with E-state index in [-0.39, 0.29) is 17.5 Å². The van der Waals surface area contributed by atoms with E-state index in [4.69, 9.17) is 14.7 Å². The third kappa shape index (κ3) is 3.57. The van der Waals surface area contributed by atoms with Crippen LogP contribution in [0.2, 0.25) is 0 Å². The molecule has 10 heteroatoms. The van der Waals surface area contributed by atoms with E-state index in [1.807, 2.05) is 6.07 Å². The summed E-state index contributed by atoms with van der Waals surface area (Å²) in [5.74, 6) is -0.0756. The number of pyridine rings is 1. The predicted octanol–water partition coefficient (Wildman–Crippen LogP) is 1.67. The van der Waals surface area contributed by atoms with Gasteiger partial charge < -0.3 is 9.47 Å². The van der Waals surface area contributed by atoms with Crippen LogP contribution in [-0.4, -0.2) is 46.5 Å². The summed E-state index contributed by atoms with van der Waals surface area (Å²) in [6.45, 7) is 1.07. The molecular formula is C15H14N6O3S. The lowest BCUT2D eigenvalue weighted by atomic mass is 10.3. The third-order valence-corrected chi connectivity index (χ3v) is 4.21. The Balaban J connectivity index is 1.81. The molecule has 1 N–H and O–H groups in total. The molecule has 0 aliphatic heterocycles. The Labute approximate surface area is 146 Å². The molecule has 3 heterocycles. The lowest BCUT2D eigenvalue weighted by Crippen LogP contribution is -2.11. The van der Waals surface area contributed by atoms with E-state index in [1.54, 1.807) is 24.1 Å². The molecule has 3 aromatic heterocycles. The van der Waals surface area contributed by atoms with E-state index in [1.165, 1.54) is 24.6 Å². The monoisotopic (exact) mass is 358 g/mol. The maximum absolute atomic E-state index is 12.3. The quantitative estimate of drug-likeness (QED) is 0.712. The summed E-state index contributed by atoms with van der Waals surface area (Å²) in [6.07, 6.45) is 3.12. The first kappa shape index (κ1) is 16.8. The Hall–Kier alpha value is -3.03. The number of amides is 1. The lowest BCUT2D eigenvalue weighted by Gasteiger charge is -1.99. The number of hydrogen-bond donors (Lipinski definition) is 1. The first-order valence-corrected chi connectivity index (χ1v) is 8.04. The standard InChI is InChI=1S/C15H14N6O3S/c1-23-4-3-21-8-9(7-17-21)13(22)20-15-19-12-11(25-15)5-10(6-16)18-14(12)24-2/h5,7-8H,3-4H2,1-2H3,(H,19,20,22). The molecule has 3 rings (SSSR count). The second-order valence-corrected chi connectivity index (χ2v) is 5.96. The number of nitrogens with zero attached hydrogens (tertiary/aromatic N) is 5. The molecule has 128 valence electrons. The summed E-state index contributed by atoms with van der Waals surface area (Å²) < 4.78 is 12.5. The molecule has 0 aromatic carbocycles. The summed E-state index contributed by atoms with van der Waals surface area (Å²) in [7, 11) is 3.06. The van der Waals surface area contributed by atoms with Gasteiger partial charge in [-0.15, -0.1) is 0 Å². The predicted molar refractivity (Wildman–Crippen MR) is 90.7 cm³/mol. The molecule has 9 nitrogen and oxygen atoms in total. The van der Waals surface area contributed by atoms with Crippen molar-refractivity contribution in [2.45, 2.75) is 6.54 Å². The summed E-state index contributed by atoms with van der Waals surface area (Å²) in [6, 6.07) is 3.57. The van der Waals surface area contributed by atoms with Crippen LogP contribution in [0.1, 0.15) is 16.1 Å². The number of ether oxygens (including phenoxy) is 2. The van der Waals surface area contributed by atoms with Crippen LogP contribution in [0.4, 0.5) is 5.13 Å². The topological polar surface area (TPSA) is 115 Å². The van der Waals surface area contributed by atoms with E-state index in [0.717, 1.165) is 0 Å². The van der Waals surface area contributed by atoms with E-state index in [2.05, 4.69) is 20.4 Å². The van der Waals surface area contributed by atoms with Crippen LogP contribution in [0.15, 0.2) is 18.5 Å². The summed E-state index contributed by atoms with van der Waals surface area (Å²) in [5.41, 5.74) is 1.14. The second-order valence-electron chi connectivity index (χ2n) is 4.93. The zero-order chi connectivity index (χ0) is 17.8. The number of aromatic nitrogens is 4. The van der Waals surface area contributed by atoms with Crippen LogP contribution in [0.5, 0.6) is 5.88 Å². The minimum atomic E-state index is -0.324. The molecule has 0 atom stereocenters. The van der Waals surface area contributed by atoms with Crippen LogP contribution in [0, 0.1) is 11.3 Å². The van der Waals surface area contributed by atoms with Crippen LogP contribution >= 0.6 is 11.3 Å². The van der Waals surface area contributed by atoms with E-state index >= 15 is 0 Å². The average Bonchev–Trinajstić information content (AvgIpc) is 3.25. The number of thiazole rings is 1. The smallest absolute Gasteiger partial charge is 0.260 e. The molecule has 0 unspecified atom stereocenters. The number of rotatable bonds is 6. The van der Waals surface area contributed by atoms with Crippen molar-refractivity contribution in [3.05, 3.63) is 29.7 Å². The first-order chi connectivity index (χ1) is 12.1. The number of fused-ring (bicyclic) bond motifs is 1. The molecule has 0 saturated carbocycles. The normalized spacial score (nSPS) is 10.6. The average molecular weight is 358 g/mol. The van der Waals surface area contributed by atoms with Gasteiger partial charge in [-0.25, -0.2) is 9.97 Å². The van der Waals surface area contributed by atoms with Gasteiger partial charge in [0.2, 0.25) is 5.88 Å². The van der Waals surface area contributed by atoms with Crippen LogP contribution in [0.3, 0.4) is 0 Å². The van der Waals surface area contributed by atoms with Gasteiger partial charge in [0.25, 0.3) is 5.91 Å². The molecule has 0 spiro atoms. The van der Waals surface area contributed by atoms with E-state index in [0.29, 0.717) is 34.1 Å². The van der Waals surface area contributed by atoms with Crippen molar-refractivity contribution in [2.75, 3.05) is 26.1 Å². The molecule has 0 fully saturated rings. The molecular weight excluding hydrogens is 344 g/mol. The fraction of sp³-hybridized carbons (Fsp3) is 0.267. The number of methoxy groups -OCH3 is 2. The highest BCUT2D eigenvalue weighted by Crippen LogP contribution is 2.31. The third-order valence-electron chi connectivity index (χ3n) is 3.29. The molecule has 3 aromatic rings. The number of nitrogens with one attached hydrogen (secondary N) is 1. The van der Waals surface area contributed by atoms with Crippen molar-refractivity contribution in [3.8, 4) is 11.9 Å². The Morgan fingerprint density at radius 2 is 2.28 bits per heavy atom. The van der Waals surface area contributed by atoms with Crippen molar-refractivity contribution in [3.63, 3.8) is 0 Å². The van der Waals surface area contributed by atoms with E-state index in [9.17, 15) is 4.79 Å². The molecule has 0 bridgehead atoms. The zero-order valence-corrected chi connectivity index (χ0v) is 14.3. The Morgan fingerprint density at radius 1 is 1.44 bits per heavy atom. The van der Waals surface area contributed by atoms with Gasteiger partial charge >= 0.3 is 0 Å². The zero-order valence-electron chi connectivity index (χ0n) is 13.5. The molecule has 0 radical (unpaired) electrons. The second kappa shape index (κ2) is 7.25. The van der Waals surface area contributed by atoms with Crippen molar-refractivity contribution < 1.29 is 14.3 Å². The minimum absolute atomic E-state index is 0.227. The number of carbonyl (C=O) groups excluding carboxylic acids is 1. The van der Waals surface area contributed by atoms with Crippen LogP contribution < -0.4 is 10.1 Å².